The number of hydrogen-bond donors (Lipinski definition) is 0. The highest BCUT2D eigenvalue weighted by molar-refractivity contribution is 5.71. The van der Waals surface area contributed by atoms with Crippen LogP contribution in [0.1, 0.15) is 258 Å². The molecule has 6 heteroatoms. The van der Waals surface area contributed by atoms with Crippen LogP contribution in [0, 0.1) is 0 Å². The maximum Gasteiger partial charge on any atom is 0.306 e. The molecule has 0 spiro atoms. The van der Waals surface area contributed by atoms with Gasteiger partial charge in [0.15, 0.2) is 6.10 Å². The van der Waals surface area contributed by atoms with Crippen molar-refractivity contribution in [1.82, 2.24) is 0 Å². The van der Waals surface area contributed by atoms with Crippen LogP contribution in [0.2, 0.25) is 0 Å². The first-order valence-corrected chi connectivity index (χ1v) is 23.7. The van der Waals surface area contributed by atoms with Crippen LogP contribution in [-0.4, -0.2) is 37.2 Å². The van der Waals surface area contributed by atoms with Gasteiger partial charge in [-0.25, -0.2) is 0 Å². The molecule has 0 heterocycles. The number of unbranched alkanes of at least 4 members (excludes halogenated alkanes) is 30. The Kier molecular flexibility index (Phi) is 42.4. The van der Waals surface area contributed by atoms with E-state index in [1.165, 1.54) is 154 Å². The van der Waals surface area contributed by atoms with E-state index in [1.807, 2.05) is 0 Å². The molecule has 0 aromatic heterocycles. The van der Waals surface area contributed by atoms with Crippen molar-refractivity contribution in [2.45, 2.75) is 264 Å². The summed E-state index contributed by atoms with van der Waals surface area (Å²) >= 11 is 0. The third-order valence-electron chi connectivity index (χ3n) is 10.5. The maximum absolute atomic E-state index is 12.7. The molecule has 54 heavy (non-hydrogen) atoms. The van der Waals surface area contributed by atoms with E-state index in [2.05, 4.69) is 32.9 Å². The summed E-state index contributed by atoms with van der Waals surface area (Å²) in [6, 6.07) is 0. The van der Waals surface area contributed by atoms with Crippen LogP contribution in [0.5, 0.6) is 0 Å². The van der Waals surface area contributed by atoms with Crippen molar-refractivity contribution < 1.29 is 28.6 Å². The van der Waals surface area contributed by atoms with E-state index in [0.29, 0.717) is 19.3 Å². The molecule has 0 radical (unpaired) electrons. The SMILES string of the molecule is CCCCCCC/C=C\CCCCCCCC(=O)OC(COC(=O)CCCCCCCCC)COC(=O)CCCCCCCCCCCCCCCCC. The Morgan fingerprint density at radius 2 is 0.611 bits per heavy atom. The first-order chi connectivity index (χ1) is 26.5. The molecular formula is C48H90O6. The largest absolute Gasteiger partial charge is 0.462 e. The fourth-order valence-electron chi connectivity index (χ4n) is 6.91. The summed E-state index contributed by atoms with van der Waals surface area (Å²) in [4.78, 5) is 37.6. The average Bonchev–Trinajstić information content (AvgIpc) is 3.17. The average molecular weight is 763 g/mol. The highest BCUT2D eigenvalue weighted by Gasteiger charge is 2.19. The molecule has 6 nitrogen and oxygen atoms in total. The standard InChI is InChI=1S/C48H90O6/c1-4-7-10-13-16-18-20-22-24-26-27-29-32-35-38-41-47(50)53-44-45(43-52-46(49)40-37-34-31-15-12-9-6-3)54-48(51)42-39-36-33-30-28-25-23-21-19-17-14-11-8-5-2/h21,23,45H,4-20,22,24-44H2,1-3H3/b23-21-. The summed E-state index contributed by atoms with van der Waals surface area (Å²) in [5.41, 5.74) is 0. The lowest BCUT2D eigenvalue weighted by atomic mass is 10.0. The van der Waals surface area contributed by atoms with Crippen LogP contribution in [0.15, 0.2) is 12.2 Å². The molecule has 0 aromatic rings. The fourth-order valence-corrected chi connectivity index (χ4v) is 6.91. The van der Waals surface area contributed by atoms with Crippen LogP contribution in [-0.2, 0) is 28.6 Å². The van der Waals surface area contributed by atoms with Gasteiger partial charge in [-0.1, -0.05) is 206 Å². The van der Waals surface area contributed by atoms with Crippen molar-refractivity contribution in [1.29, 1.82) is 0 Å². The number of esters is 3. The van der Waals surface area contributed by atoms with Gasteiger partial charge in [-0.15, -0.1) is 0 Å². The van der Waals surface area contributed by atoms with Crippen molar-refractivity contribution in [3.8, 4) is 0 Å². The zero-order chi connectivity index (χ0) is 39.4. The molecule has 0 saturated carbocycles. The second-order valence-corrected chi connectivity index (χ2v) is 16.0. The zero-order valence-electron chi connectivity index (χ0n) is 36.3. The highest BCUT2D eigenvalue weighted by atomic mass is 16.6. The Morgan fingerprint density at radius 3 is 0.926 bits per heavy atom. The van der Waals surface area contributed by atoms with Gasteiger partial charge in [0.2, 0.25) is 0 Å². The molecule has 0 aliphatic carbocycles. The van der Waals surface area contributed by atoms with Gasteiger partial charge < -0.3 is 14.2 Å². The monoisotopic (exact) mass is 763 g/mol. The first kappa shape index (κ1) is 52.2. The van der Waals surface area contributed by atoms with E-state index >= 15 is 0 Å². The van der Waals surface area contributed by atoms with Crippen LogP contribution >= 0.6 is 0 Å². The number of carbonyl (C=O) groups excluding carboxylic acids is 3. The predicted molar refractivity (Wildman–Crippen MR) is 229 cm³/mol. The van der Waals surface area contributed by atoms with Crippen LogP contribution < -0.4 is 0 Å². The second-order valence-electron chi connectivity index (χ2n) is 16.0. The lowest BCUT2D eigenvalue weighted by Crippen LogP contribution is -2.30. The van der Waals surface area contributed by atoms with Gasteiger partial charge in [0.25, 0.3) is 0 Å². The smallest absolute Gasteiger partial charge is 0.306 e. The summed E-state index contributed by atoms with van der Waals surface area (Å²) in [6.07, 6.45) is 46.3. The highest BCUT2D eigenvalue weighted by Crippen LogP contribution is 2.15. The summed E-state index contributed by atoms with van der Waals surface area (Å²) in [7, 11) is 0. The van der Waals surface area contributed by atoms with E-state index in [1.54, 1.807) is 0 Å². The molecule has 1 unspecified atom stereocenters. The molecule has 0 aliphatic heterocycles. The van der Waals surface area contributed by atoms with Crippen LogP contribution in [0.4, 0.5) is 0 Å². The lowest BCUT2D eigenvalue weighted by Gasteiger charge is -2.18. The quantitative estimate of drug-likeness (QED) is 0.0266. The Balaban J connectivity index is 4.26. The van der Waals surface area contributed by atoms with E-state index in [4.69, 9.17) is 14.2 Å². The van der Waals surface area contributed by atoms with Crippen molar-refractivity contribution >= 4 is 17.9 Å². The summed E-state index contributed by atoms with van der Waals surface area (Å²) in [5, 5.41) is 0. The van der Waals surface area contributed by atoms with Gasteiger partial charge in [-0.05, 0) is 44.9 Å². The molecule has 0 aliphatic rings. The molecule has 0 N–H and O–H groups in total. The van der Waals surface area contributed by atoms with Gasteiger partial charge in [0, 0.05) is 19.3 Å². The molecular weight excluding hydrogens is 673 g/mol. The molecule has 0 aromatic carbocycles. The number of allylic oxidation sites excluding steroid dienone is 2. The van der Waals surface area contributed by atoms with Crippen molar-refractivity contribution in [3.05, 3.63) is 12.2 Å². The second kappa shape index (κ2) is 43.9. The Bertz CT molecular complexity index is 839. The van der Waals surface area contributed by atoms with Crippen molar-refractivity contribution in [2.24, 2.45) is 0 Å². The van der Waals surface area contributed by atoms with Crippen molar-refractivity contribution in [2.75, 3.05) is 13.2 Å². The Morgan fingerprint density at radius 1 is 0.352 bits per heavy atom. The third-order valence-corrected chi connectivity index (χ3v) is 10.5. The van der Waals surface area contributed by atoms with E-state index < -0.39 is 6.10 Å². The Labute approximate surface area is 335 Å². The molecule has 0 fully saturated rings. The number of ether oxygens (including phenoxy) is 3. The summed E-state index contributed by atoms with van der Waals surface area (Å²) < 4.78 is 16.7. The van der Waals surface area contributed by atoms with E-state index in [9.17, 15) is 14.4 Å². The Hall–Kier alpha value is -1.85. The third kappa shape index (κ3) is 41.3. The van der Waals surface area contributed by atoms with E-state index in [-0.39, 0.29) is 31.1 Å². The fraction of sp³-hybridized carbons (Fsp3) is 0.896. The number of hydrogen-bond acceptors (Lipinski definition) is 6. The minimum atomic E-state index is -0.765. The minimum absolute atomic E-state index is 0.0692. The normalized spacial score (nSPS) is 12.0. The summed E-state index contributed by atoms with van der Waals surface area (Å²) in [6.45, 7) is 6.60. The first-order valence-electron chi connectivity index (χ1n) is 23.7. The zero-order valence-corrected chi connectivity index (χ0v) is 36.3. The minimum Gasteiger partial charge on any atom is -0.462 e. The molecule has 0 bridgehead atoms. The molecule has 0 saturated heterocycles. The lowest BCUT2D eigenvalue weighted by molar-refractivity contribution is -0.167. The predicted octanol–water partition coefficient (Wildman–Crippen LogP) is 15.0. The number of rotatable bonds is 43. The van der Waals surface area contributed by atoms with Gasteiger partial charge in [-0.2, -0.15) is 0 Å². The van der Waals surface area contributed by atoms with Gasteiger partial charge in [0.05, 0.1) is 0 Å². The van der Waals surface area contributed by atoms with E-state index in [0.717, 1.165) is 64.2 Å². The van der Waals surface area contributed by atoms with Gasteiger partial charge in [0.1, 0.15) is 13.2 Å². The summed E-state index contributed by atoms with van der Waals surface area (Å²) in [5.74, 6) is -0.874. The molecule has 0 rings (SSSR count). The molecule has 318 valence electrons. The maximum atomic E-state index is 12.7. The van der Waals surface area contributed by atoms with Crippen molar-refractivity contribution in [3.63, 3.8) is 0 Å². The van der Waals surface area contributed by atoms with Crippen LogP contribution in [0.25, 0.3) is 0 Å². The number of carbonyl (C=O) groups is 3. The topological polar surface area (TPSA) is 78.9 Å². The van der Waals surface area contributed by atoms with Gasteiger partial charge in [-0.3, -0.25) is 14.4 Å². The van der Waals surface area contributed by atoms with Crippen LogP contribution in [0.3, 0.4) is 0 Å². The molecule has 1 atom stereocenters. The van der Waals surface area contributed by atoms with Gasteiger partial charge >= 0.3 is 17.9 Å². The molecule has 0 amide bonds.